The molecule has 1 aliphatic carbocycles. The number of rotatable bonds is 3. The van der Waals surface area contributed by atoms with Gasteiger partial charge in [0.1, 0.15) is 0 Å². The Morgan fingerprint density at radius 2 is 2.00 bits per heavy atom. The Balaban J connectivity index is 1.77. The highest BCUT2D eigenvalue weighted by atomic mass is 16.2. The van der Waals surface area contributed by atoms with E-state index in [1.165, 1.54) is 32.1 Å². The van der Waals surface area contributed by atoms with Crippen molar-refractivity contribution in [1.82, 2.24) is 10.6 Å². The van der Waals surface area contributed by atoms with Crippen LogP contribution in [0.25, 0.3) is 0 Å². The molecule has 18 heavy (non-hydrogen) atoms. The Morgan fingerprint density at radius 3 is 2.61 bits per heavy atom. The van der Waals surface area contributed by atoms with Gasteiger partial charge in [-0.15, -0.1) is 0 Å². The van der Waals surface area contributed by atoms with E-state index in [0.717, 1.165) is 0 Å². The summed E-state index contributed by atoms with van der Waals surface area (Å²) < 4.78 is 0. The molecule has 0 radical (unpaired) electrons. The van der Waals surface area contributed by atoms with E-state index >= 15 is 0 Å². The highest BCUT2D eigenvalue weighted by Gasteiger charge is 2.27. The first-order valence-corrected chi connectivity index (χ1v) is 7.24. The molecule has 1 saturated heterocycles. The minimum absolute atomic E-state index is 0.0336. The molecule has 2 rings (SSSR count). The quantitative estimate of drug-likeness (QED) is 0.801. The molecule has 0 bridgehead atoms. The lowest BCUT2D eigenvalue weighted by Gasteiger charge is -2.30. The Kier molecular flexibility index (Phi) is 4.61. The molecule has 2 aliphatic rings. The van der Waals surface area contributed by atoms with Gasteiger partial charge < -0.3 is 10.6 Å². The third-order valence-corrected chi connectivity index (χ3v) is 4.36. The number of hydrogen-bond acceptors (Lipinski definition) is 2. The number of nitrogens with one attached hydrogen (secondary N) is 2. The average molecular weight is 252 g/mol. The Hall–Kier alpha value is -1.06. The molecule has 102 valence electrons. The molecule has 1 aliphatic heterocycles. The van der Waals surface area contributed by atoms with Crippen molar-refractivity contribution in [2.45, 2.75) is 57.9 Å². The molecular weight excluding hydrogens is 228 g/mol. The summed E-state index contributed by atoms with van der Waals surface area (Å²) in [5, 5.41) is 5.91. The number of carbonyl (C=O) groups excluding carboxylic acids is 2. The van der Waals surface area contributed by atoms with Gasteiger partial charge in [-0.05, 0) is 32.1 Å². The Morgan fingerprint density at radius 1 is 1.28 bits per heavy atom. The maximum atomic E-state index is 12.1. The molecular formula is C14H24N2O2. The molecule has 2 N–H and O–H groups in total. The lowest BCUT2D eigenvalue weighted by Crippen LogP contribution is -2.47. The first-order chi connectivity index (χ1) is 8.66. The van der Waals surface area contributed by atoms with Crippen molar-refractivity contribution in [3.05, 3.63) is 0 Å². The van der Waals surface area contributed by atoms with E-state index in [0.29, 0.717) is 25.3 Å². The van der Waals surface area contributed by atoms with Crippen LogP contribution in [-0.4, -0.2) is 24.4 Å². The normalized spacial score (nSPS) is 27.4. The molecule has 0 spiro atoms. The summed E-state index contributed by atoms with van der Waals surface area (Å²) in [5.41, 5.74) is 0. The van der Waals surface area contributed by atoms with Gasteiger partial charge in [0.25, 0.3) is 0 Å². The minimum Gasteiger partial charge on any atom is -0.355 e. The van der Waals surface area contributed by atoms with Crippen LogP contribution in [0.1, 0.15) is 51.9 Å². The monoisotopic (exact) mass is 252 g/mol. The highest BCUT2D eigenvalue weighted by molar-refractivity contribution is 5.83. The van der Waals surface area contributed by atoms with Gasteiger partial charge in [0.15, 0.2) is 0 Å². The van der Waals surface area contributed by atoms with Crippen LogP contribution in [0.5, 0.6) is 0 Å². The van der Waals surface area contributed by atoms with E-state index in [1.807, 2.05) is 0 Å². The number of amides is 2. The minimum atomic E-state index is -0.0336. The van der Waals surface area contributed by atoms with Crippen LogP contribution in [0.2, 0.25) is 0 Å². The number of hydrogen-bond donors (Lipinski definition) is 2. The first-order valence-electron chi connectivity index (χ1n) is 7.24. The molecule has 0 aromatic carbocycles. The number of piperidine rings is 1. The van der Waals surface area contributed by atoms with Gasteiger partial charge in [-0.1, -0.05) is 19.3 Å². The second-order valence-corrected chi connectivity index (χ2v) is 5.74. The van der Waals surface area contributed by atoms with Gasteiger partial charge in [0.05, 0.1) is 5.92 Å². The van der Waals surface area contributed by atoms with Crippen LogP contribution in [0.15, 0.2) is 0 Å². The van der Waals surface area contributed by atoms with E-state index in [9.17, 15) is 9.59 Å². The largest absolute Gasteiger partial charge is 0.355 e. The standard InChI is InChI=1S/C14H24N2O2/c1-10(11-5-3-2-4-6-11)16-14(18)12-7-8-13(17)15-9-12/h10-12H,2-9H2,1H3,(H,15,17)(H,16,18). The van der Waals surface area contributed by atoms with E-state index < -0.39 is 0 Å². The van der Waals surface area contributed by atoms with Gasteiger partial charge in [-0.3, -0.25) is 9.59 Å². The molecule has 4 nitrogen and oxygen atoms in total. The van der Waals surface area contributed by atoms with Gasteiger partial charge >= 0.3 is 0 Å². The zero-order valence-corrected chi connectivity index (χ0v) is 11.2. The summed E-state index contributed by atoms with van der Waals surface area (Å²) in [6.45, 7) is 2.62. The Bertz CT molecular complexity index is 301. The molecule has 0 aromatic rings. The third-order valence-electron chi connectivity index (χ3n) is 4.36. The van der Waals surface area contributed by atoms with Crippen molar-refractivity contribution in [2.24, 2.45) is 11.8 Å². The summed E-state index contributed by atoms with van der Waals surface area (Å²) in [5.74, 6) is 0.794. The SMILES string of the molecule is CC(NC(=O)C1CCC(=O)NC1)C1CCCCC1. The average Bonchev–Trinajstić information content (AvgIpc) is 2.40. The van der Waals surface area contributed by atoms with Crippen molar-refractivity contribution in [3.63, 3.8) is 0 Å². The molecule has 2 fully saturated rings. The topological polar surface area (TPSA) is 58.2 Å². The van der Waals surface area contributed by atoms with Gasteiger partial charge in [-0.25, -0.2) is 0 Å². The summed E-state index contributed by atoms with van der Waals surface area (Å²) in [6.07, 6.45) is 7.58. The molecule has 2 atom stereocenters. The zero-order chi connectivity index (χ0) is 13.0. The molecule has 0 aromatic heterocycles. The van der Waals surface area contributed by atoms with Crippen LogP contribution < -0.4 is 10.6 Å². The van der Waals surface area contributed by atoms with E-state index in [2.05, 4.69) is 17.6 Å². The molecule has 1 saturated carbocycles. The predicted octanol–water partition coefficient (Wildman–Crippen LogP) is 1.60. The van der Waals surface area contributed by atoms with Crippen molar-refractivity contribution < 1.29 is 9.59 Å². The van der Waals surface area contributed by atoms with Gasteiger partial charge in [-0.2, -0.15) is 0 Å². The lowest BCUT2D eigenvalue weighted by molar-refractivity contribution is -0.129. The predicted molar refractivity (Wildman–Crippen MR) is 69.9 cm³/mol. The van der Waals surface area contributed by atoms with E-state index in [4.69, 9.17) is 0 Å². The summed E-state index contributed by atoms with van der Waals surface area (Å²) in [6, 6.07) is 0.274. The van der Waals surface area contributed by atoms with Crippen LogP contribution >= 0.6 is 0 Å². The van der Waals surface area contributed by atoms with Crippen molar-refractivity contribution in [1.29, 1.82) is 0 Å². The molecule has 2 amide bonds. The van der Waals surface area contributed by atoms with E-state index in [1.54, 1.807) is 0 Å². The molecule has 1 heterocycles. The van der Waals surface area contributed by atoms with E-state index in [-0.39, 0.29) is 23.8 Å². The number of carbonyl (C=O) groups is 2. The fourth-order valence-corrected chi connectivity index (χ4v) is 3.05. The maximum Gasteiger partial charge on any atom is 0.225 e. The van der Waals surface area contributed by atoms with Crippen molar-refractivity contribution in [3.8, 4) is 0 Å². The fraction of sp³-hybridized carbons (Fsp3) is 0.857. The summed E-state index contributed by atoms with van der Waals surface area (Å²) >= 11 is 0. The van der Waals surface area contributed by atoms with Crippen LogP contribution in [-0.2, 0) is 9.59 Å². The second-order valence-electron chi connectivity index (χ2n) is 5.74. The van der Waals surface area contributed by atoms with Crippen LogP contribution in [0, 0.1) is 11.8 Å². The highest BCUT2D eigenvalue weighted by Crippen LogP contribution is 2.26. The summed E-state index contributed by atoms with van der Waals surface area (Å²) in [4.78, 5) is 23.2. The van der Waals surface area contributed by atoms with Crippen molar-refractivity contribution in [2.75, 3.05) is 6.54 Å². The maximum absolute atomic E-state index is 12.1. The zero-order valence-electron chi connectivity index (χ0n) is 11.2. The fourth-order valence-electron chi connectivity index (χ4n) is 3.05. The summed E-state index contributed by atoms with van der Waals surface area (Å²) in [7, 11) is 0. The Labute approximate surface area is 109 Å². The first kappa shape index (κ1) is 13.4. The third kappa shape index (κ3) is 3.47. The van der Waals surface area contributed by atoms with Crippen LogP contribution in [0.4, 0.5) is 0 Å². The molecule has 4 heteroatoms. The van der Waals surface area contributed by atoms with Crippen molar-refractivity contribution >= 4 is 11.8 Å². The van der Waals surface area contributed by atoms with Crippen LogP contribution in [0.3, 0.4) is 0 Å². The molecule has 2 unspecified atom stereocenters. The second kappa shape index (κ2) is 6.21. The van der Waals surface area contributed by atoms with Gasteiger partial charge in [0.2, 0.25) is 11.8 Å². The van der Waals surface area contributed by atoms with Gasteiger partial charge in [0, 0.05) is 19.0 Å². The smallest absolute Gasteiger partial charge is 0.225 e. The lowest BCUT2D eigenvalue weighted by atomic mass is 9.84.